The predicted octanol–water partition coefficient (Wildman–Crippen LogP) is 1.40. The molecule has 1 aliphatic rings. The van der Waals surface area contributed by atoms with Crippen molar-refractivity contribution in [1.29, 1.82) is 0 Å². The number of aromatic nitrogens is 1. The van der Waals surface area contributed by atoms with Crippen LogP contribution in [0.15, 0.2) is 18.3 Å². The molecule has 5 nitrogen and oxygen atoms in total. The van der Waals surface area contributed by atoms with Crippen LogP contribution in [0.25, 0.3) is 0 Å². The fraction of sp³-hybridized carbons (Fsp3) is 0.500. The summed E-state index contributed by atoms with van der Waals surface area (Å²) in [4.78, 5) is 17.5. The highest BCUT2D eigenvalue weighted by molar-refractivity contribution is 5.74. The Labute approximate surface area is 101 Å². The van der Waals surface area contributed by atoms with Gasteiger partial charge in [-0.3, -0.25) is 0 Å². The van der Waals surface area contributed by atoms with Crippen molar-refractivity contribution in [2.24, 2.45) is 0 Å². The summed E-state index contributed by atoms with van der Waals surface area (Å²) in [5.74, 6) is 0.596. The SMILES string of the molecule is CCOc1ncccc1CNC(=O)N1CCC1. The van der Waals surface area contributed by atoms with Crippen molar-refractivity contribution in [3.63, 3.8) is 0 Å². The maximum Gasteiger partial charge on any atom is 0.317 e. The lowest BCUT2D eigenvalue weighted by atomic mass is 10.2. The Morgan fingerprint density at radius 1 is 1.59 bits per heavy atom. The van der Waals surface area contributed by atoms with E-state index in [4.69, 9.17) is 4.74 Å². The molecule has 2 rings (SSSR count). The number of hydrogen-bond acceptors (Lipinski definition) is 3. The Balaban J connectivity index is 1.91. The first-order chi connectivity index (χ1) is 8.31. The highest BCUT2D eigenvalue weighted by Crippen LogP contribution is 2.14. The molecule has 1 saturated heterocycles. The molecule has 0 aromatic carbocycles. The van der Waals surface area contributed by atoms with Crippen molar-refractivity contribution in [3.05, 3.63) is 23.9 Å². The number of ether oxygens (including phenoxy) is 1. The summed E-state index contributed by atoms with van der Waals surface area (Å²) in [6, 6.07) is 3.74. The van der Waals surface area contributed by atoms with Crippen LogP contribution in [0.2, 0.25) is 0 Å². The minimum Gasteiger partial charge on any atom is -0.478 e. The number of urea groups is 1. The van der Waals surface area contributed by atoms with Crippen molar-refractivity contribution in [2.75, 3.05) is 19.7 Å². The normalized spacial score (nSPS) is 14.1. The molecule has 1 aliphatic heterocycles. The van der Waals surface area contributed by atoms with E-state index in [1.807, 2.05) is 19.1 Å². The zero-order valence-electron chi connectivity index (χ0n) is 9.98. The maximum atomic E-state index is 11.6. The Morgan fingerprint density at radius 2 is 2.41 bits per heavy atom. The summed E-state index contributed by atoms with van der Waals surface area (Å²) in [6.07, 6.45) is 2.79. The van der Waals surface area contributed by atoms with Crippen molar-refractivity contribution >= 4 is 6.03 Å². The first-order valence-corrected chi connectivity index (χ1v) is 5.90. The fourth-order valence-electron chi connectivity index (χ4n) is 1.63. The molecule has 2 amide bonds. The highest BCUT2D eigenvalue weighted by atomic mass is 16.5. The van der Waals surface area contributed by atoms with E-state index < -0.39 is 0 Å². The number of carbonyl (C=O) groups is 1. The second kappa shape index (κ2) is 5.52. The molecule has 2 heterocycles. The van der Waals surface area contributed by atoms with Gasteiger partial charge in [-0.15, -0.1) is 0 Å². The molecular formula is C12H17N3O2. The van der Waals surface area contributed by atoms with Gasteiger partial charge in [0.25, 0.3) is 0 Å². The molecule has 1 aromatic heterocycles. The molecule has 0 atom stereocenters. The molecule has 92 valence electrons. The van der Waals surface area contributed by atoms with E-state index in [-0.39, 0.29) is 6.03 Å². The van der Waals surface area contributed by atoms with E-state index >= 15 is 0 Å². The Morgan fingerprint density at radius 3 is 3.06 bits per heavy atom. The average Bonchev–Trinajstić information content (AvgIpc) is 2.26. The van der Waals surface area contributed by atoms with Crippen LogP contribution < -0.4 is 10.1 Å². The largest absolute Gasteiger partial charge is 0.478 e. The second-order valence-electron chi connectivity index (χ2n) is 3.90. The molecule has 0 spiro atoms. The van der Waals surface area contributed by atoms with Crippen LogP contribution in [-0.4, -0.2) is 35.6 Å². The number of nitrogens with one attached hydrogen (secondary N) is 1. The molecule has 0 saturated carbocycles. The van der Waals surface area contributed by atoms with Gasteiger partial charge in [-0.25, -0.2) is 9.78 Å². The first kappa shape index (κ1) is 11.7. The Kier molecular flexibility index (Phi) is 3.80. The molecule has 0 radical (unpaired) electrons. The topological polar surface area (TPSA) is 54.5 Å². The number of pyridine rings is 1. The highest BCUT2D eigenvalue weighted by Gasteiger charge is 2.19. The summed E-state index contributed by atoms with van der Waals surface area (Å²) in [7, 11) is 0. The fourth-order valence-corrected chi connectivity index (χ4v) is 1.63. The minimum atomic E-state index is -0.0115. The summed E-state index contributed by atoms with van der Waals surface area (Å²) >= 11 is 0. The molecule has 1 N–H and O–H groups in total. The zero-order valence-corrected chi connectivity index (χ0v) is 9.98. The Hall–Kier alpha value is -1.78. The van der Waals surface area contributed by atoms with Crippen molar-refractivity contribution in [2.45, 2.75) is 19.9 Å². The van der Waals surface area contributed by atoms with E-state index in [0.29, 0.717) is 19.0 Å². The van der Waals surface area contributed by atoms with Gasteiger partial charge < -0.3 is 15.0 Å². The lowest BCUT2D eigenvalue weighted by Crippen LogP contribution is -2.47. The third-order valence-corrected chi connectivity index (χ3v) is 2.70. The molecule has 0 aliphatic carbocycles. The molecule has 1 aromatic rings. The van der Waals surface area contributed by atoms with Crippen LogP contribution in [0, 0.1) is 0 Å². The summed E-state index contributed by atoms with van der Waals surface area (Å²) in [5.41, 5.74) is 0.906. The number of likely N-dealkylation sites (tertiary alicyclic amines) is 1. The summed E-state index contributed by atoms with van der Waals surface area (Å²) in [5, 5.41) is 2.87. The van der Waals surface area contributed by atoms with E-state index in [1.165, 1.54) is 0 Å². The third-order valence-electron chi connectivity index (χ3n) is 2.70. The van der Waals surface area contributed by atoms with Crippen LogP contribution in [-0.2, 0) is 6.54 Å². The van der Waals surface area contributed by atoms with Gasteiger partial charge in [0.15, 0.2) is 0 Å². The molecule has 17 heavy (non-hydrogen) atoms. The van der Waals surface area contributed by atoms with E-state index in [9.17, 15) is 4.79 Å². The molecule has 0 bridgehead atoms. The van der Waals surface area contributed by atoms with Crippen LogP contribution in [0.5, 0.6) is 5.88 Å². The molecule has 1 fully saturated rings. The number of amides is 2. The minimum absolute atomic E-state index is 0.0115. The van der Waals surface area contributed by atoms with Crippen molar-refractivity contribution in [1.82, 2.24) is 15.2 Å². The third kappa shape index (κ3) is 2.87. The monoisotopic (exact) mass is 235 g/mol. The summed E-state index contributed by atoms with van der Waals surface area (Å²) in [6.45, 7) is 4.66. The lowest BCUT2D eigenvalue weighted by molar-refractivity contribution is 0.167. The van der Waals surface area contributed by atoms with E-state index in [1.54, 1.807) is 11.1 Å². The van der Waals surface area contributed by atoms with E-state index in [0.717, 1.165) is 25.1 Å². The van der Waals surface area contributed by atoms with Crippen LogP contribution in [0.1, 0.15) is 18.9 Å². The molecular weight excluding hydrogens is 218 g/mol. The van der Waals surface area contributed by atoms with E-state index in [2.05, 4.69) is 10.3 Å². The van der Waals surface area contributed by atoms with Gasteiger partial charge in [-0.2, -0.15) is 0 Å². The van der Waals surface area contributed by atoms with Gasteiger partial charge in [0.2, 0.25) is 5.88 Å². The lowest BCUT2D eigenvalue weighted by Gasteiger charge is -2.30. The first-order valence-electron chi connectivity index (χ1n) is 5.90. The maximum absolute atomic E-state index is 11.6. The van der Waals surface area contributed by atoms with Crippen molar-refractivity contribution in [3.8, 4) is 5.88 Å². The quantitative estimate of drug-likeness (QED) is 0.858. The van der Waals surface area contributed by atoms with Crippen LogP contribution in [0.3, 0.4) is 0 Å². The molecule has 0 unspecified atom stereocenters. The second-order valence-corrected chi connectivity index (χ2v) is 3.90. The standard InChI is InChI=1S/C12H17N3O2/c1-2-17-11-10(5-3-6-13-11)9-14-12(16)15-7-4-8-15/h3,5-6H,2,4,7-9H2,1H3,(H,14,16). The Bertz CT molecular complexity index is 391. The zero-order chi connectivity index (χ0) is 12.1. The average molecular weight is 235 g/mol. The smallest absolute Gasteiger partial charge is 0.317 e. The van der Waals surface area contributed by atoms with Crippen molar-refractivity contribution < 1.29 is 9.53 Å². The number of rotatable bonds is 4. The van der Waals surface area contributed by atoms with Gasteiger partial charge >= 0.3 is 6.03 Å². The predicted molar refractivity (Wildman–Crippen MR) is 63.8 cm³/mol. The van der Waals surface area contributed by atoms with Gasteiger partial charge in [-0.1, -0.05) is 6.07 Å². The van der Waals surface area contributed by atoms with Crippen LogP contribution in [0.4, 0.5) is 4.79 Å². The van der Waals surface area contributed by atoms with Gasteiger partial charge in [0, 0.05) is 31.4 Å². The van der Waals surface area contributed by atoms with Crippen LogP contribution >= 0.6 is 0 Å². The van der Waals surface area contributed by atoms with Gasteiger partial charge in [-0.05, 0) is 19.4 Å². The number of hydrogen-bond donors (Lipinski definition) is 1. The summed E-state index contributed by atoms with van der Waals surface area (Å²) < 4.78 is 5.39. The van der Waals surface area contributed by atoms with Gasteiger partial charge in [0.1, 0.15) is 0 Å². The number of nitrogens with zero attached hydrogens (tertiary/aromatic N) is 2. The van der Waals surface area contributed by atoms with Gasteiger partial charge in [0.05, 0.1) is 6.61 Å². The molecule has 5 heteroatoms. The number of carbonyl (C=O) groups excluding carboxylic acids is 1.